The summed E-state index contributed by atoms with van der Waals surface area (Å²) in [6.07, 6.45) is -4.14. The first-order chi connectivity index (χ1) is 22.7. The molecular formula is C35H34Cl2F3N3O4S. The molecule has 254 valence electrons. The highest BCUT2D eigenvalue weighted by Gasteiger charge is 2.37. The van der Waals surface area contributed by atoms with Crippen molar-refractivity contribution in [2.75, 3.05) is 10.8 Å². The average molecular weight is 721 g/mol. The number of carbonyl (C=O) groups excluding carboxylic acids is 2. The summed E-state index contributed by atoms with van der Waals surface area (Å²) in [5.41, 5.74) is -0.343. The second kappa shape index (κ2) is 15.9. The van der Waals surface area contributed by atoms with E-state index >= 15 is 0 Å². The molecule has 0 bridgehead atoms. The number of sulfonamides is 1. The normalized spacial score (nSPS) is 13.0. The van der Waals surface area contributed by atoms with Crippen LogP contribution >= 0.6 is 23.2 Å². The van der Waals surface area contributed by atoms with Crippen molar-refractivity contribution in [1.82, 2.24) is 10.2 Å². The summed E-state index contributed by atoms with van der Waals surface area (Å²) in [4.78, 5) is 29.4. The fraction of sp³-hybridized carbons (Fsp3) is 0.257. The van der Waals surface area contributed by atoms with E-state index in [1.807, 2.05) is 13.8 Å². The van der Waals surface area contributed by atoms with Gasteiger partial charge in [-0.05, 0) is 66.9 Å². The number of carbonyl (C=O) groups is 2. The highest BCUT2D eigenvalue weighted by atomic mass is 35.5. The third kappa shape index (κ3) is 9.30. The van der Waals surface area contributed by atoms with Gasteiger partial charge in [-0.25, -0.2) is 8.42 Å². The quantitative estimate of drug-likeness (QED) is 0.153. The molecule has 4 aromatic rings. The fourth-order valence-electron chi connectivity index (χ4n) is 4.91. The molecule has 0 spiro atoms. The minimum Gasteiger partial charge on any atom is -0.352 e. The Hall–Kier alpha value is -4.06. The van der Waals surface area contributed by atoms with Crippen molar-refractivity contribution in [3.8, 4) is 0 Å². The first-order valence-corrected chi connectivity index (χ1v) is 17.2. The Morgan fingerprint density at radius 1 is 0.875 bits per heavy atom. The topological polar surface area (TPSA) is 86.8 Å². The summed E-state index contributed by atoms with van der Waals surface area (Å²) in [7, 11) is -4.58. The van der Waals surface area contributed by atoms with Gasteiger partial charge in [-0.2, -0.15) is 13.2 Å². The Morgan fingerprint density at radius 2 is 1.52 bits per heavy atom. The number of nitrogens with zero attached hydrogens (tertiary/aromatic N) is 2. The van der Waals surface area contributed by atoms with E-state index in [1.54, 1.807) is 48.5 Å². The van der Waals surface area contributed by atoms with E-state index < -0.39 is 46.2 Å². The number of alkyl halides is 3. The minimum atomic E-state index is -4.78. The van der Waals surface area contributed by atoms with Crippen molar-refractivity contribution in [3.63, 3.8) is 0 Å². The van der Waals surface area contributed by atoms with Crippen molar-refractivity contribution < 1.29 is 31.2 Å². The zero-order valence-electron chi connectivity index (χ0n) is 26.1. The van der Waals surface area contributed by atoms with Crippen molar-refractivity contribution in [3.05, 3.63) is 130 Å². The zero-order chi connectivity index (χ0) is 35.1. The molecule has 0 saturated heterocycles. The number of hydrogen-bond acceptors (Lipinski definition) is 4. The van der Waals surface area contributed by atoms with Crippen LogP contribution in [0.4, 0.5) is 18.9 Å². The molecule has 4 rings (SSSR count). The molecule has 2 unspecified atom stereocenters. The first kappa shape index (κ1) is 36.8. The Bertz CT molecular complexity index is 1830. The van der Waals surface area contributed by atoms with Gasteiger partial charge < -0.3 is 10.2 Å². The van der Waals surface area contributed by atoms with Crippen LogP contribution in [0.5, 0.6) is 0 Å². The van der Waals surface area contributed by atoms with E-state index in [0.29, 0.717) is 32.9 Å². The summed E-state index contributed by atoms with van der Waals surface area (Å²) < 4.78 is 70.0. The van der Waals surface area contributed by atoms with Crippen LogP contribution in [0.25, 0.3) is 0 Å². The molecule has 7 nitrogen and oxygen atoms in total. The molecule has 0 heterocycles. The molecule has 0 aliphatic carbocycles. The van der Waals surface area contributed by atoms with Crippen LogP contribution in [0.3, 0.4) is 0 Å². The van der Waals surface area contributed by atoms with Gasteiger partial charge in [-0.15, -0.1) is 0 Å². The van der Waals surface area contributed by atoms with Gasteiger partial charge in [0, 0.05) is 29.1 Å². The molecule has 0 aliphatic heterocycles. The summed E-state index contributed by atoms with van der Waals surface area (Å²) in [6.45, 7) is 2.53. The molecule has 0 radical (unpaired) electrons. The zero-order valence-corrected chi connectivity index (χ0v) is 28.5. The van der Waals surface area contributed by atoms with Crippen LogP contribution in [-0.2, 0) is 38.8 Å². The molecule has 0 aromatic heterocycles. The summed E-state index contributed by atoms with van der Waals surface area (Å²) in [5.74, 6) is -1.35. The number of halogens is 5. The summed E-state index contributed by atoms with van der Waals surface area (Å²) in [5, 5.41) is 3.45. The lowest BCUT2D eigenvalue weighted by Crippen LogP contribution is -2.54. The SMILES string of the molecule is CCC(C)NC(=O)C(Cc1ccccc1)N(Cc1ccc(Cl)cc1Cl)C(=O)CN(c1cccc(C(F)(F)F)c1)S(=O)(=O)c1ccccc1. The van der Waals surface area contributed by atoms with Crippen molar-refractivity contribution in [2.45, 2.75) is 56.4 Å². The number of anilines is 1. The van der Waals surface area contributed by atoms with Crippen molar-refractivity contribution in [2.24, 2.45) is 0 Å². The monoisotopic (exact) mass is 719 g/mol. The molecule has 48 heavy (non-hydrogen) atoms. The van der Waals surface area contributed by atoms with Gasteiger partial charge >= 0.3 is 6.18 Å². The Labute approximate surface area is 288 Å². The molecule has 13 heteroatoms. The molecule has 4 aromatic carbocycles. The molecule has 2 amide bonds. The van der Waals surface area contributed by atoms with Crippen LogP contribution in [0.15, 0.2) is 108 Å². The van der Waals surface area contributed by atoms with Crippen LogP contribution in [0, 0.1) is 0 Å². The summed E-state index contributed by atoms with van der Waals surface area (Å²) in [6, 6.07) is 22.9. The maximum atomic E-state index is 14.5. The van der Waals surface area contributed by atoms with Gasteiger partial charge in [-0.3, -0.25) is 13.9 Å². The molecule has 0 aliphatic rings. The average Bonchev–Trinajstić information content (AvgIpc) is 3.06. The highest BCUT2D eigenvalue weighted by Crippen LogP contribution is 2.34. The predicted molar refractivity (Wildman–Crippen MR) is 181 cm³/mol. The standard InChI is InChI=1S/C35H34Cl2F3N3O4S/c1-3-24(2)41-34(45)32(19-25-11-6-4-7-12-25)42(22-26-17-18-28(36)21-31(26)37)33(44)23-43(48(46,47)30-15-8-5-9-16-30)29-14-10-13-27(20-29)35(38,39)40/h4-18,20-21,24,32H,3,19,22-23H2,1-2H3,(H,41,45). The lowest BCUT2D eigenvalue weighted by atomic mass is 10.0. The number of rotatable bonds is 13. The number of hydrogen-bond donors (Lipinski definition) is 1. The second-order valence-electron chi connectivity index (χ2n) is 11.2. The molecule has 2 atom stereocenters. The fourth-order valence-corrected chi connectivity index (χ4v) is 6.81. The van der Waals surface area contributed by atoms with Crippen LogP contribution in [0.2, 0.25) is 10.0 Å². The molecule has 1 N–H and O–H groups in total. The van der Waals surface area contributed by atoms with E-state index in [1.165, 1.54) is 41.3 Å². The van der Waals surface area contributed by atoms with Crippen LogP contribution < -0.4 is 9.62 Å². The molecule has 0 saturated carbocycles. The largest absolute Gasteiger partial charge is 0.416 e. The third-order valence-corrected chi connectivity index (χ3v) is 10.1. The first-order valence-electron chi connectivity index (χ1n) is 15.0. The van der Waals surface area contributed by atoms with Crippen LogP contribution in [-0.4, -0.2) is 43.8 Å². The maximum absolute atomic E-state index is 14.5. The van der Waals surface area contributed by atoms with E-state index in [9.17, 15) is 31.2 Å². The van der Waals surface area contributed by atoms with Crippen LogP contribution in [0.1, 0.15) is 37.0 Å². The van der Waals surface area contributed by atoms with Crippen molar-refractivity contribution >= 4 is 50.7 Å². The van der Waals surface area contributed by atoms with E-state index in [-0.39, 0.29) is 34.6 Å². The Kier molecular flexibility index (Phi) is 12.2. The lowest BCUT2D eigenvalue weighted by molar-refractivity contribution is -0.140. The van der Waals surface area contributed by atoms with Gasteiger partial charge in [-0.1, -0.05) is 90.8 Å². The molecule has 0 fully saturated rings. The van der Waals surface area contributed by atoms with E-state index in [2.05, 4.69) is 5.32 Å². The van der Waals surface area contributed by atoms with Gasteiger partial charge in [0.05, 0.1) is 16.1 Å². The highest BCUT2D eigenvalue weighted by molar-refractivity contribution is 7.92. The smallest absolute Gasteiger partial charge is 0.352 e. The second-order valence-corrected chi connectivity index (χ2v) is 13.9. The predicted octanol–water partition coefficient (Wildman–Crippen LogP) is 7.76. The minimum absolute atomic E-state index is 0.0506. The molecular weight excluding hydrogens is 686 g/mol. The van der Waals surface area contributed by atoms with Gasteiger partial charge in [0.2, 0.25) is 11.8 Å². The Balaban J connectivity index is 1.86. The number of amides is 2. The third-order valence-electron chi connectivity index (χ3n) is 7.70. The Morgan fingerprint density at radius 3 is 2.12 bits per heavy atom. The van der Waals surface area contributed by atoms with E-state index in [0.717, 1.165) is 12.1 Å². The number of benzene rings is 4. The van der Waals surface area contributed by atoms with Gasteiger partial charge in [0.15, 0.2) is 0 Å². The lowest BCUT2D eigenvalue weighted by Gasteiger charge is -2.34. The number of nitrogens with one attached hydrogen (secondary N) is 1. The summed E-state index contributed by atoms with van der Waals surface area (Å²) >= 11 is 12.6. The maximum Gasteiger partial charge on any atom is 0.416 e. The van der Waals surface area contributed by atoms with Crippen molar-refractivity contribution in [1.29, 1.82) is 0 Å². The van der Waals surface area contributed by atoms with E-state index in [4.69, 9.17) is 23.2 Å². The van der Waals surface area contributed by atoms with Gasteiger partial charge in [0.1, 0.15) is 12.6 Å². The van der Waals surface area contributed by atoms with Gasteiger partial charge in [0.25, 0.3) is 10.0 Å².